The SMILES string of the molecule is C=CCO[C@@H]1CCN2C(=O)[C@H](Cc3ccc(OC)cc3)NC(=O)[C@@H]2C1. The number of piperazine rings is 1. The van der Waals surface area contributed by atoms with Gasteiger partial charge in [-0.1, -0.05) is 18.2 Å². The number of carbonyl (C=O) groups excluding carboxylic acids is 2. The van der Waals surface area contributed by atoms with Crippen molar-refractivity contribution in [1.29, 1.82) is 0 Å². The number of benzene rings is 1. The van der Waals surface area contributed by atoms with Gasteiger partial charge in [0.25, 0.3) is 0 Å². The van der Waals surface area contributed by atoms with Gasteiger partial charge in [-0.05, 0) is 24.1 Å². The van der Waals surface area contributed by atoms with Crippen LogP contribution >= 0.6 is 0 Å². The average molecular weight is 344 g/mol. The van der Waals surface area contributed by atoms with Crippen LogP contribution in [0.3, 0.4) is 0 Å². The number of hydrogen-bond acceptors (Lipinski definition) is 4. The number of methoxy groups -OCH3 is 1. The Hall–Kier alpha value is -2.34. The van der Waals surface area contributed by atoms with Crippen LogP contribution in [0.4, 0.5) is 0 Å². The van der Waals surface area contributed by atoms with Crippen LogP contribution in [0.1, 0.15) is 18.4 Å². The van der Waals surface area contributed by atoms with Crippen LogP contribution in [0.25, 0.3) is 0 Å². The summed E-state index contributed by atoms with van der Waals surface area (Å²) in [5, 5.41) is 2.88. The molecule has 6 nitrogen and oxygen atoms in total. The number of fused-ring (bicyclic) bond motifs is 1. The third-order valence-electron chi connectivity index (χ3n) is 4.80. The van der Waals surface area contributed by atoms with Gasteiger partial charge in [0.05, 0.1) is 19.8 Å². The zero-order valence-electron chi connectivity index (χ0n) is 14.4. The Bertz CT molecular complexity index is 643. The molecule has 0 bridgehead atoms. The molecule has 3 atom stereocenters. The number of carbonyl (C=O) groups is 2. The van der Waals surface area contributed by atoms with E-state index in [1.807, 2.05) is 24.3 Å². The standard InChI is InChI=1S/C19H24N2O4/c1-3-10-25-15-8-9-21-17(12-15)18(22)20-16(19(21)23)11-13-4-6-14(24-2)7-5-13/h3-7,15-17H,1,8-12H2,2H3,(H,20,22)/t15-,16+,17+/m1/s1. The molecule has 0 saturated carbocycles. The minimum Gasteiger partial charge on any atom is -0.497 e. The Morgan fingerprint density at radius 2 is 2.08 bits per heavy atom. The number of ether oxygens (including phenoxy) is 2. The number of nitrogens with zero attached hydrogens (tertiary/aromatic N) is 1. The zero-order chi connectivity index (χ0) is 17.8. The van der Waals surface area contributed by atoms with Gasteiger partial charge in [0.2, 0.25) is 11.8 Å². The largest absolute Gasteiger partial charge is 0.497 e. The van der Waals surface area contributed by atoms with Gasteiger partial charge in [0.15, 0.2) is 0 Å². The predicted molar refractivity (Wildman–Crippen MR) is 93.3 cm³/mol. The molecule has 2 amide bonds. The van der Waals surface area contributed by atoms with E-state index in [2.05, 4.69) is 11.9 Å². The number of hydrogen-bond donors (Lipinski definition) is 1. The molecule has 0 aliphatic carbocycles. The smallest absolute Gasteiger partial charge is 0.246 e. The summed E-state index contributed by atoms with van der Waals surface area (Å²) in [4.78, 5) is 27.0. The van der Waals surface area contributed by atoms with Crippen molar-refractivity contribution in [3.63, 3.8) is 0 Å². The summed E-state index contributed by atoms with van der Waals surface area (Å²) >= 11 is 0. The fraction of sp³-hybridized carbons (Fsp3) is 0.474. The van der Waals surface area contributed by atoms with Crippen LogP contribution in [0, 0.1) is 0 Å². The van der Waals surface area contributed by atoms with Crippen molar-refractivity contribution in [1.82, 2.24) is 10.2 Å². The maximum Gasteiger partial charge on any atom is 0.246 e. The molecule has 2 saturated heterocycles. The van der Waals surface area contributed by atoms with Crippen LogP contribution in [-0.2, 0) is 20.7 Å². The maximum atomic E-state index is 12.8. The Labute approximate surface area is 147 Å². The van der Waals surface area contributed by atoms with E-state index in [0.717, 1.165) is 17.7 Å². The summed E-state index contributed by atoms with van der Waals surface area (Å²) in [5.74, 6) is 0.664. The van der Waals surface area contributed by atoms with E-state index in [0.29, 0.717) is 26.0 Å². The summed E-state index contributed by atoms with van der Waals surface area (Å²) in [6, 6.07) is 6.61. The van der Waals surface area contributed by atoms with Gasteiger partial charge in [-0.3, -0.25) is 9.59 Å². The van der Waals surface area contributed by atoms with E-state index in [1.165, 1.54) is 0 Å². The van der Waals surface area contributed by atoms with E-state index >= 15 is 0 Å². The van der Waals surface area contributed by atoms with Crippen molar-refractivity contribution >= 4 is 11.8 Å². The first-order chi connectivity index (χ1) is 12.1. The molecular weight excluding hydrogens is 320 g/mol. The van der Waals surface area contributed by atoms with Crippen molar-refractivity contribution in [3.05, 3.63) is 42.5 Å². The van der Waals surface area contributed by atoms with Crippen molar-refractivity contribution in [2.45, 2.75) is 37.5 Å². The molecule has 0 unspecified atom stereocenters. The van der Waals surface area contributed by atoms with Crippen LogP contribution in [-0.4, -0.2) is 55.2 Å². The minimum absolute atomic E-state index is 0.00376. The molecule has 2 aliphatic rings. The molecule has 6 heteroatoms. The Kier molecular flexibility index (Phi) is 5.38. The molecule has 25 heavy (non-hydrogen) atoms. The second-order valence-corrected chi connectivity index (χ2v) is 6.43. The lowest BCUT2D eigenvalue weighted by Gasteiger charge is -2.43. The van der Waals surface area contributed by atoms with E-state index in [4.69, 9.17) is 9.47 Å². The molecule has 2 fully saturated rings. The lowest BCUT2D eigenvalue weighted by molar-refractivity contribution is -0.154. The van der Waals surface area contributed by atoms with Crippen LogP contribution in [0.15, 0.2) is 36.9 Å². The normalized spacial score (nSPS) is 26.0. The summed E-state index contributed by atoms with van der Waals surface area (Å²) in [6.07, 6.45) is 3.47. The van der Waals surface area contributed by atoms with E-state index in [1.54, 1.807) is 18.1 Å². The molecule has 0 radical (unpaired) electrons. The summed E-state index contributed by atoms with van der Waals surface area (Å²) < 4.78 is 10.8. The summed E-state index contributed by atoms with van der Waals surface area (Å²) in [5.41, 5.74) is 0.988. The third-order valence-corrected chi connectivity index (χ3v) is 4.80. The van der Waals surface area contributed by atoms with E-state index in [9.17, 15) is 9.59 Å². The molecular formula is C19H24N2O4. The average Bonchev–Trinajstić information content (AvgIpc) is 2.64. The molecule has 1 N–H and O–H groups in total. The Balaban J connectivity index is 1.65. The topological polar surface area (TPSA) is 67.9 Å². The second-order valence-electron chi connectivity index (χ2n) is 6.43. The van der Waals surface area contributed by atoms with Gasteiger partial charge in [0, 0.05) is 19.4 Å². The molecule has 3 rings (SSSR count). The monoisotopic (exact) mass is 344 g/mol. The maximum absolute atomic E-state index is 12.8. The van der Waals surface area contributed by atoms with Crippen molar-refractivity contribution in [3.8, 4) is 5.75 Å². The third kappa shape index (κ3) is 3.85. The van der Waals surface area contributed by atoms with Crippen molar-refractivity contribution in [2.24, 2.45) is 0 Å². The van der Waals surface area contributed by atoms with Gasteiger partial charge < -0.3 is 19.7 Å². The van der Waals surface area contributed by atoms with Gasteiger partial charge in [-0.2, -0.15) is 0 Å². The molecule has 134 valence electrons. The minimum atomic E-state index is -0.511. The fourth-order valence-corrected chi connectivity index (χ4v) is 3.47. The van der Waals surface area contributed by atoms with Crippen LogP contribution in [0.5, 0.6) is 5.75 Å². The molecule has 2 heterocycles. The van der Waals surface area contributed by atoms with Crippen molar-refractivity contribution in [2.75, 3.05) is 20.3 Å². The highest BCUT2D eigenvalue weighted by Crippen LogP contribution is 2.25. The number of amides is 2. The van der Waals surface area contributed by atoms with E-state index < -0.39 is 12.1 Å². The molecule has 1 aromatic carbocycles. The summed E-state index contributed by atoms with van der Waals surface area (Å²) in [6.45, 7) is 4.66. The van der Waals surface area contributed by atoms with Gasteiger partial charge >= 0.3 is 0 Å². The van der Waals surface area contributed by atoms with Gasteiger partial charge in [-0.25, -0.2) is 0 Å². The quantitative estimate of drug-likeness (QED) is 0.790. The lowest BCUT2D eigenvalue weighted by atomic mass is 9.93. The number of piperidine rings is 1. The van der Waals surface area contributed by atoms with Crippen LogP contribution in [0.2, 0.25) is 0 Å². The first kappa shape index (κ1) is 17.5. The number of nitrogens with one attached hydrogen (secondary N) is 1. The summed E-state index contributed by atoms with van der Waals surface area (Å²) in [7, 11) is 1.61. The van der Waals surface area contributed by atoms with Gasteiger partial charge in [-0.15, -0.1) is 6.58 Å². The second kappa shape index (κ2) is 7.70. The fourth-order valence-electron chi connectivity index (χ4n) is 3.47. The van der Waals surface area contributed by atoms with Gasteiger partial charge in [0.1, 0.15) is 17.8 Å². The molecule has 0 aromatic heterocycles. The van der Waals surface area contributed by atoms with E-state index in [-0.39, 0.29) is 17.9 Å². The molecule has 1 aromatic rings. The highest BCUT2D eigenvalue weighted by Gasteiger charge is 2.43. The Morgan fingerprint density at radius 3 is 2.76 bits per heavy atom. The molecule has 0 spiro atoms. The highest BCUT2D eigenvalue weighted by atomic mass is 16.5. The Morgan fingerprint density at radius 1 is 1.32 bits per heavy atom. The zero-order valence-corrected chi connectivity index (χ0v) is 14.4. The predicted octanol–water partition coefficient (Wildman–Crippen LogP) is 1.30. The first-order valence-electron chi connectivity index (χ1n) is 8.58. The first-order valence-corrected chi connectivity index (χ1v) is 8.58. The highest BCUT2D eigenvalue weighted by molar-refractivity contribution is 5.97. The lowest BCUT2D eigenvalue weighted by Crippen LogP contribution is -2.66. The van der Waals surface area contributed by atoms with Crippen molar-refractivity contribution < 1.29 is 19.1 Å². The van der Waals surface area contributed by atoms with Crippen LogP contribution < -0.4 is 10.1 Å². The number of rotatable bonds is 6. The molecule has 2 aliphatic heterocycles.